The van der Waals surface area contributed by atoms with E-state index in [0.717, 1.165) is 15.8 Å². The first kappa shape index (κ1) is 16.7. The number of hydrogen-bond donors (Lipinski definition) is 2. The second-order valence-corrected chi connectivity index (χ2v) is 7.19. The van der Waals surface area contributed by atoms with Gasteiger partial charge in [-0.1, -0.05) is 38.1 Å². The molecule has 2 heterocycles. The quantitative estimate of drug-likeness (QED) is 0.811. The first-order chi connectivity index (χ1) is 12.4. The van der Waals surface area contributed by atoms with Gasteiger partial charge in [0.15, 0.2) is 0 Å². The van der Waals surface area contributed by atoms with Gasteiger partial charge in [0.25, 0.3) is 11.8 Å². The number of hydrogen-bond acceptors (Lipinski definition) is 4. The molecule has 0 spiro atoms. The normalized spacial score (nSPS) is 22.9. The van der Waals surface area contributed by atoms with E-state index in [2.05, 4.69) is 5.32 Å². The minimum absolute atomic E-state index is 0.109. The average molecular weight is 352 g/mol. The van der Waals surface area contributed by atoms with Crippen LogP contribution in [-0.4, -0.2) is 40.0 Å². The number of nitrogens with zero attached hydrogens (tertiary/aromatic N) is 1. The molecule has 0 radical (unpaired) electrons. The van der Waals surface area contributed by atoms with Crippen LogP contribution in [0.25, 0.3) is 10.8 Å². The number of piperidine rings is 1. The summed E-state index contributed by atoms with van der Waals surface area (Å²) in [5.74, 6) is -0.995. The van der Waals surface area contributed by atoms with Crippen LogP contribution in [0.5, 0.6) is 0 Å². The monoisotopic (exact) mass is 352 g/mol. The number of amides is 3. The van der Waals surface area contributed by atoms with Crippen LogP contribution in [0.15, 0.2) is 30.3 Å². The van der Waals surface area contributed by atoms with Crippen LogP contribution < -0.4 is 5.32 Å². The second kappa shape index (κ2) is 5.92. The van der Waals surface area contributed by atoms with Gasteiger partial charge in [-0.15, -0.1) is 0 Å². The minimum Gasteiger partial charge on any atom is -0.372 e. The Kier molecular flexibility index (Phi) is 3.80. The fourth-order valence-electron chi connectivity index (χ4n) is 3.97. The molecule has 2 N–H and O–H groups in total. The number of carbonyl (C=O) groups excluding carboxylic acids is 3. The van der Waals surface area contributed by atoms with Crippen molar-refractivity contribution in [2.45, 2.75) is 44.9 Å². The van der Waals surface area contributed by atoms with E-state index in [4.69, 9.17) is 0 Å². The number of aliphatic hydroxyl groups is 1. The Hall–Kier alpha value is -2.73. The van der Waals surface area contributed by atoms with E-state index in [1.165, 1.54) is 0 Å². The third kappa shape index (κ3) is 2.33. The van der Waals surface area contributed by atoms with Crippen LogP contribution >= 0.6 is 0 Å². The van der Waals surface area contributed by atoms with Crippen molar-refractivity contribution in [1.82, 2.24) is 10.2 Å². The van der Waals surface area contributed by atoms with Gasteiger partial charge in [-0.3, -0.25) is 19.3 Å². The summed E-state index contributed by atoms with van der Waals surface area (Å²) in [7, 11) is 0. The van der Waals surface area contributed by atoms with Crippen LogP contribution in [0.1, 0.15) is 58.9 Å². The van der Waals surface area contributed by atoms with Gasteiger partial charge in [0, 0.05) is 17.4 Å². The maximum absolute atomic E-state index is 13.3. The molecule has 2 aliphatic heterocycles. The highest BCUT2D eigenvalue weighted by molar-refractivity contribution is 6.26. The van der Waals surface area contributed by atoms with Crippen molar-refractivity contribution < 1.29 is 19.5 Å². The van der Waals surface area contributed by atoms with E-state index in [9.17, 15) is 19.5 Å². The SMILES string of the molecule is CC(C)c1ccc2cccc3c2c1C(=O)N(C1CCC(=O)NC1O)C3=O. The van der Waals surface area contributed by atoms with Gasteiger partial charge in [0.1, 0.15) is 6.23 Å². The molecule has 0 aliphatic carbocycles. The van der Waals surface area contributed by atoms with Crippen molar-refractivity contribution in [2.24, 2.45) is 0 Å². The lowest BCUT2D eigenvalue weighted by molar-refractivity contribution is -0.129. The molecule has 2 atom stereocenters. The molecular formula is C20H20N2O4. The van der Waals surface area contributed by atoms with Gasteiger partial charge in [0.2, 0.25) is 5.91 Å². The number of carbonyl (C=O) groups is 3. The molecule has 26 heavy (non-hydrogen) atoms. The lowest BCUT2D eigenvalue weighted by atomic mass is 9.85. The second-order valence-electron chi connectivity index (χ2n) is 7.19. The zero-order valence-corrected chi connectivity index (χ0v) is 14.7. The number of aliphatic hydroxyl groups excluding tert-OH is 1. The lowest BCUT2D eigenvalue weighted by Gasteiger charge is -2.39. The van der Waals surface area contributed by atoms with E-state index in [0.29, 0.717) is 16.5 Å². The van der Waals surface area contributed by atoms with Gasteiger partial charge >= 0.3 is 0 Å². The van der Waals surface area contributed by atoms with E-state index in [1.807, 2.05) is 32.0 Å². The zero-order valence-electron chi connectivity index (χ0n) is 14.7. The number of rotatable bonds is 2. The molecule has 6 nitrogen and oxygen atoms in total. The van der Waals surface area contributed by atoms with Gasteiger partial charge in [-0.25, -0.2) is 0 Å². The number of imide groups is 1. The lowest BCUT2D eigenvalue weighted by Crippen LogP contribution is -2.59. The Morgan fingerprint density at radius 3 is 2.58 bits per heavy atom. The Labute approximate surface area is 150 Å². The molecule has 134 valence electrons. The number of nitrogens with one attached hydrogen (secondary N) is 1. The van der Waals surface area contributed by atoms with E-state index in [1.54, 1.807) is 12.1 Å². The summed E-state index contributed by atoms with van der Waals surface area (Å²) in [6.07, 6.45) is -0.836. The molecule has 2 unspecified atom stereocenters. The molecule has 0 bridgehead atoms. The third-order valence-corrected chi connectivity index (χ3v) is 5.25. The highest BCUT2D eigenvalue weighted by Gasteiger charge is 2.43. The summed E-state index contributed by atoms with van der Waals surface area (Å²) in [5.41, 5.74) is 1.86. The molecule has 1 fully saturated rings. The van der Waals surface area contributed by atoms with Crippen LogP contribution in [0, 0.1) is 0 Å². The van der Waals surface area contributed by atoms with Crippen LogP contribution in [0.3, 0.4) is 0 Å². The average Bonchev–Trinajstić information content (AvgIpc) is 2.60. The van der Waals surface area contributed by atoms with E-state index < -0.39 is 24.1 Å². The summed E-state index contributed by atoms with van der Waals surface area (Å²) >= 11 is 0. The third-order valence-electron chi connectivity index (χ3n) is 5.25. The first-order valence-corrected chi connectivity index (χ1v) is 8.81. The summed E-state index contributed by atoms with van der Waals surface area (Å²) in [6, 6.07) is 8.49. The molecule has 0 aromatic heterocycles. The van der Waals surface area contributed by atoms with Crippen LogP contribution in [0.4, 0.5) is 0 Å². The van der Waals surface area contributed by atoms with Crippen molar-refractivity contribution in [3.63, 3.8) is 0 Å². The molecule has 1 saturated heterocycles. The fraction of sp³-hybridized carbons (Fsp3) is 0.350. The molecule has 6 heteroatoms. The van der Waals surface area contributed by atoms with E-state index >= 15 is 0 Å². The molecular weight excluding hydrogens is 332 g/mol. The summed E-state index contributed by atoms with van der Waals surface area (Å²) in [6.45, 7) is 4.01. The number of benzene rings is 2. The minimum atomic E-state index is -1.25. The Morgan fingerprint density at radius 1 is 1.12 bits per heavy atom. The maximum Gasteiger partial charge on any atom is 0.262 e. The Bertz CT molecular complexity index is 950. The predicted molar refractivity (Wildman–Crippen MR) is 95.7 cm³/mol. The highest BCUT2D eigenvalue weighted by atomic mass is 16.3. The van der Waals surface area contributed by atoms with Gasteiger partial charge in [0.05, 0.1) is 11.6 Å². The Morgan fingerprint density at radius 2 is 1.88 bits per heavy atom. The predicted octanol–water partition coefficient (Wildman–Crippen LogP) is 2.16. The topological polar surface area (TPSA) is 86.7 Å². The van der Waals surface area contributed by atoms with Gasteiger partial charge in [-0.05, 0) is 29.4 Å². The fourth-order valence-corrected chi connectivity index (χ4v) is 3.97. The first-order valence-electron chi connectivity index (χ1n) is 8.81. The van der Waals surface area contributed by atoms with Gasteiger partial charge < -0.3 is 10.4 Å². The van der Waals surface area contributed by atoms with Crippen molar-refractivity contribution in [1.29, 1.82) is 0 Å². The van der Waals surface area contributed by atoms with E-state index in [-0.39, 0.29) is 24.7 Å². The van der Waals surface area contributed by atoms with Gasteiger partial charge in [-0.2, -0.15) is 0 Å². The maximum atomic E-state index is 13.3. The molecule has 2 aliphatic rings. The molecule has 4 rings (SSSR count). The van der Waals surface area contributed by atoms with Crippen molar-refractivity contribution in [2.75, 3.05) is 0 Å². The highest BCUT2D eigenvalue weighted by Crippen LogP contribution is 2.36. The molecule has 2 aromatic carbocycles. The molecule has 2 aromatic rings. The summed E-state index contributed by atoms with van der Waals surface area (Å²) in [5, 5.41) is 14.2. The standard InChI is InChI=1S/C20H20N2O4/c1-10(2)12-7-6-11-4-3-5-13-16(11)17(12)20(26)22(19(13)25)14-8-9-15(23)21-18(14)24/h3-7,10,14,18,24H,8-9H2,1-2H3,(H,21,23). The zero-order chi connectivity index (χ0) is 18.6. The van der Waals surface area contributed by atoms with Crippen LogP contribution in [-0.2, 0) is 4.79 Å². The summed E-state index contributed by atoms with van der Waals surface area (Å²) in [4.78, 5) is 39.1. The smallest absolute Gasteiger partial charge is 0.262 e. The van der Waals surface area contributed by atoms with Crippen molar-refractivity contribution in [3.05, 3.63) is 47.0 Å². The summed E-state index contributed by atoms with van der Waals surface area (Å²) < 4.78 is 0. The largest absolute Gasteiger partial charge is 0.372 e. The van der Waals surface area contributed by atoms with Crippen LogP contribution in [0.2, 0.25) is 0 Å². The van der Waals surface area contributed by atoms with Crippen molar-refractivity contribution in [3.8, 4) is 0 Å². The van der Waals surface area contributed by atoms with Crippen molar-refractivity contribution >= 4 is 28.5 Å². The molecule has 0 saturated carbocycles. The Balaban J connectivity index is 1.92. The molecule has 3 amide bonds.